The second-order valence-electron chi connectivity index (χ2n) is 5.08. The van der Waals surface area contributed by atoms with E-state index >= 15 is 0 Å². The molecule has 2 amide bonds. The minimum Gasteiger partial charge on any atom is -0.296 e. The third kappa shape index (κ3) is 2.27. The summed E-state index contributed by atoms with van der Waals surface area (Å²) in [5, 5.41) is 3.02. The van der Waals surface area contributed by atoms with Gasteiger partial charge in [-0.15, -0.1) is 0 Å². The predicted octanol–water partition coefficient (Wildman–Crippen LogP) is 2.89. The predicted molar refractivity (Wildman–Crippen MR) is 70.4 cm³/mol. The third-order valence-electron chi connectivity index (χ3n) is 3.78. The van der Waals surface area contributed by atoms with Crippen LogP contribution in [0.25, 0.3) is 0 Å². The molecule has 2 atom stereocenters. The summed E-state index contributed by atoms with van der Waals surface area (Å²) in [7, 11) is 0. The largest absolute Gasteiger partial charge is 0.296 e. The summed E-state index contributed by atoms with van der Waals surface area (Å²) in [6.07, 6.45) is 1.13. The van der Waals surface area contributed by atoms with Crippen LogP contribution in [-0.4, -0.2) is 11.8 Å². The first-order chi connectivity index (χ1) is 8.46. The molecule has 1 N–H and O–H groups in total. The fraction of sp³-hybridized carbons (Fsp3) is 0.429. The normalized spacial score (nSPS) is 28.1. The summed E-state index contributed by atoms with van der Waals surface area (Å²) >= 11 is 5.98. The lowest BCUT2D eigenvalue weighted by molar-refractivity contribution is -0.139. The highest BCUT2D eigenvalue weighted by Gasteiger charge is 2.44. The van der Waals surface area contributed by atoms with Gasteiger partial charge in [0.1, 0.15) is 0 Å². The Morgan fingerprint density at radius 1 is 1.44 bits per heavy atom. The monoisotopic (exact) mass is 265 g/mol. The van der Waals surface area contributed by atoms with Crippen molar-refractivity contribution >= 4 is 23.4 Å². The van der Waals surface area contributed by atoms with Gasteiger partial charge in [0.05, 0.1) is 5.92 Å². The smallest absolute Gasteiger partial charge is 0.234 e. The van der Waals surface area contributed by atoms with Gasteiger partial charge < -0.3 is 0 Å². The van der Waals surface area contributed by atoms with Gasteiger partial charge in [0.2, 0.25) is 11.8 Å². The van der Waals surface area contributed by atoms with Gasteiger partial charge in [-0.3, -0.25) is 14.9 Å². The van der Waals surface area contributed by atoms with Crippen molar-refractivity contribution in [3.05, 3.63) is 34.9 Å². The molecule has 1 heterocycles. The number of imide groups is 1. The summed E-state index contributed by atoms with van der Waals surface area (Å²) in [6.45, 7) is 3.98. The van der Waals surface area contributed by atoms with Crippen LogP contribution in [0.1, 0.15) is 38.2 Å². The van der Waals surface area contributed by atoms with E-state index in [0.29, 0.717) is 11.4 Å². The van der Waals surface area contributed by atoms with E-state index in [1.165, 1.54) is 0 Å². The Hall–Kier alpha value is -1.35. The van der Waals surface area contributed by atoms with Crippen LogP contribution < -0.4 is 5.32 Å². The molecule has 2 unspecified atom stereocenters. The van der Waals surface area contributed by atoms with Crippen LogP contribution in [0.15, 0.2) is 24.3 Å². The fourth-order valence-electron chi connectivity index (χ4n) is 2.61. The van der Waals surface area contributed by atoms with E-state index in [2.05, 4.69) is 5.32 Å². The van der Waals surface area contributed by atoms with Crippen molar-refractivity contribution in [3.63, 3.8) is 0 Å². The zero-order valence-electron chi connectivity index (χ0n) is 10.5. The zero-order valence-corrected chi connectivity index (χ0v) is 11.3. The number of carbonyl (C=O) groups excluding carboxylic acids is 2. The Bertz CT molecular complexity index is 500. The van der Waals surface area contributed by atoms with Crippen molar-refractivity contribution in [1.82, 2.24) is 5.32 Å². The molecule has 0 aliphatic carbocycles. The molecular formula is C14H16ClNO2. The average Bonchev–Trinajstić information content (AvgIpc) is 2.27. The number of hydrogen-bond donors (Lipinski definition) is 1. The maximum Gasteiger partial charge on any atom is 0.234 e. The van der Waals surface area contributed by atoms with E-state index in [-0.39, 0.29) is 23.1 Å². The van der Waals surface area contributed by atoms with Gasteiger partial charge in [0, 0.05) is 11.4 Å². The van der Waals surface area contributed by atoms with E-state index in [1.807, 2.05) is 26.0 Å². The van der Waals surface area contributed by atoms with Gasteiger partial charge in [-0.05, 0) is 29.5 Å². The van der Waals surface area contributed by atoms with Crippen LogP contribution in [-0.2, 0) is 9.59 Å². The molecule has 3 nitrogen and oxygen atoms in total. The molecule has 1 fully saturated rings. The third-order valence-corrected chi connectivity index (χ3v) is 4.01. The Balaban J connectivity index is 2.45. The van der Waals surface area contributed by atoms with Crippen molar-refractivity contribution < 1.29 is 9.59 Å². The van der Waals surface area contributed by atoms with Gasteiger partial charge in [-0.25, -0.2) is 0 Å². The van der Waals surface area contributed by atoms with Crippen LogP contribution in [0, 0.1) is 5.41 Å². The Morgan fingerprint density at radius 2 is 2.17 bits per heavy atom. The first-order valence-electron chi connectivity index (χ1n) is 6.05. The van der Waals surface area contributed by atoms with Crippen molar-refractivity contribution in [2.24, 2.45) is 5.41 Å². The highest BCUT2D eigenvalue weighted by atomic mass is 35.5. The van der Waals surface area contributed by atoms with Crippen molar-refractivity contribution in [2.45, 2.75) is 32.6 Å². The van der Waals surface area contributed by atoms with Gasteiger partial charge >= 0.3 is 0 Å². The number of nitrogens with one attached hydrogen (secondary N) is 1. The topological polar surface area (TPSA) is 46.2 Å². The molecule has 0 saturated carbocycles. The van der Waals surface area contributed by atoms with Crippen LogP contribution in [0.4, 0.5) is 0 Å². The molecule has 1 aliphatic rings. The molecule has 1 aromatic carbocycles. The number of carbonyl (C=O) groups is 2. The molecule has 1 saturated heterocycles. The molecule has 4 heteroatoms. The number of rotatable bonds is 2. The summed E-state index contributed by atoms with van der Waals surface area (Å²) in [5.41, 5.74) is 0.529. The van der Waals surface area contributed by atoms with E-state index in [0.717, 1.165) is 12.0 Å². The van der Waals surface area contributed by atoms with E-state index in [1.54, 1.807) is 12.1 Å². The summed E-state index contributed by atoms with van der Waals surface area (Å²) in [4.78, 5) is 23.6. The molecule has 18 heavy (non-hydrogen) atoms. The molecule has 0 bridgehead atoms. The lowest BCUT2D eigenvalue weighted by Gasteiger charge is -2.39. The number of halogens is 1. The number of piperidine rings is 1. The maximum absolute atomic E-state index is 12.1. The Labute approximate surface area is 112 Å². The number of hydrogen-bond acceptors (Lipinski definition) is 2. The summed E-state index contributed by atoms with van der Waals surface area (Å²) in [6, 6.07) is 7.30. The highest BCUT2D eigenvalue weighted by Crippen LogP contribution is 2.44. The van der Waals surface area contributed by atoms with Gasteiger partial charge in [0.25, 0.3) is 0 Å². The highest BCUT2D eigenvalue weighted by molar-refractivity contribution is 6.30. The maximum atomic E-state index is 12.1. The lowest BCUT2D eigenvalue weighted by atomic mass is 9.67. The molecule has 0 aromatic heterocycles. The average molecular weight is 266 g/mol. The second kappa shape index (κ2) is 4.73. The SMILES string of the molecule is CCC1(C)CC(=O)NC(=O)C1c1cccc(Cl)c1. The molecule has 2 rings (SSSR count). The molecule has 96 valence electrons. The van der Waals surface area contributed by atoms with E-state index < -0.39 is 0 Å². The Kier molecular flexibility index (Phi) is 3.44. The van der Waals surface area contributed by atoms with Gasteiger partial charge in [-0.2, -0.15) is 0 Å². The first kappa shape index (κ1) is 13.1. The van der Waals surface area contributed by atoms with Crippen LogP contribution in [0.3, 0.4) is 0 Å². The van der Waals surface area contributed by atoms with Crippen LogP contribution in [0.5, 0.6) is 0 Å². The van der Waals surface area contributed by atoms with Crippen molar-refractivity contribution in [1.29, 1.82) is 0 Å². The lowest BCUT2D eigenvalue weighted by Crippen LogP contribution is -2.49. The van der Waals surface area contributed by atoms with Gasteiger partial charge in [0.15, 0.2) is 0 Å². The number of amides is 2. The van der Waals surface area contributed by atoms with Crippen LogP contribution >= 0.6 is 11.6 Å². The minimum atomic E-state index is -0.343. The summed E-state index contributed by atoms with van der Waals surface area (Å²) < 4.78 is 0. The second-order valence-corrected chi connectivity index (χ2v) is 5.52. The number of benzene rings is 1. The quantitative estimate of drug-likeness (QED) is 0.836. The fourth-order valence-corrected chi connectivity index (χ4v) is 2.81. The Morgan fingerprint density at radius 3 is 2.78 bits per heavy atom. The standard InChI is InChI=1S/C14H16ClNO2/c1-3-14(2)8-11(17)16-13(18)12(14)9-5-4-6-10(15)7-9/h4-7,12H,3,8H2,1-2H3,(H,16,17,18). The van der Waals surface area contributed by atoms with Gasteiger partial charge in [-0.1, -0.05) is 37.6 Å². The molecule has 0 spiro atoms. The van der Waals surface area contributed by atoms with E-state index in [4.69, 9.17) is 11.6 Å². The molecular weight excluding hydrogens is 250 g/mol. The first-order valence-corrected chi connectivity index (χ1v) is 6.43. The van der Waals surface area contributed by atoms with Crippen molar-refractivity contribution in [3.8, 4) is 0 Å². The van der Waals surface area contributed by atoms with E-state index in [9.17, 15) is 9.59 Å². The minimum absolute atomic E-state index is 0.192. The molecule has 1 aromatic rings. The zero-order chi connectivity index (χ0) is 13.3. The summed E-state index contributed by atoms with van der Waals surface area (Å²) in [5.74, 6) is -0.737. The molecule has 1 aliphatic heterocycles. The molecule has 0 radical (unpaired) electrons. The van der Waals surface area contributed by atoms with Crippen molar-refractivity contribution in [2.75, 3.05) is 0 Å². The van der Waals surface area contributed by atoms with Crippen LogP contribution in [0.2, 0.25) is 5.02 Å².